The highest BCUT2D eigenvalue weighted by Crippen LogP contribution is 2.22. The van der Waals surface area contributed by atoms with Crippen molar-refractivity contribution >= 4 is 11.9 Å². The monoisotopic (exact) mass is 401 g/mol. The number of carbonyl (C=O) groups excluding carboxylic acids is 1. The van der Waals surface area contributed by atoms with Gasteiger partial charge in [-0.15, -0.1) is 0 Å². The lowest BCUT2D eigenvalue weighted by atomic mass is 9.90. The molecule has 2 rings (SSSR count). The van der Waals surface area contributed by atoms with Crippen molar-refractivity contribution in [3.63, 3.8) is 0 Å². The molecule has 6 heteroatoms. The summed E-state index contributed by atoms with van der Waals surface area (Å²) in [5.41, 5.74) is 1.26. The van der Waals surface area contributed by atoms with Crippen molar-refractivity contribution in [1.29, 1.82) is 0 Å². The molecule has 1 heterocycles. The van der Waals surface area contributed by atoms with Gasteiger partial charge in [-0.1, -0.05) is 44.2 Å². The fourth-order valence-electron chi connectivity index (χ4n) is 3.89. The molecular formula is C23H39N5O. The molecule has 0 saturated carbocycles. The number of hydrogen-bond donors (Lipinski definition) is 2. The van der Waals surface area contributed by atoms with Gasteiger partial charge in [0.25, 0.3) is 0 Å². The SMILES string of the molecule is CCNC(=NCC(CC)(CC)NC(C)c1ccccc1)N1CCN(C(C)=O)CC1. The van der Waals surface area contributed by atoms with Crippen LogP contribution in [-0.2, 0) is 4.79 Å². The maximum atomic E-state index is 11.6. The van der Waals surface area contributed by atoms with Gasteiger partial charge in [-0.05, 0) is 32.3 Å². The molecule has 0 aliphatic carbocycles. The zero-order valence-electron chi connectivity index (χ0n) is 18.9. The van der Waals surface area contributed by atoms with E-state index < -0.39 is 0 Å². The average Bonchev–Trinajstić information content (AvgIpc) is 2.76. The zero-order valence-corrected chi connectivity index (χ0v) is 18.9. The standard InChI is InChI=1S/C23H39N5O/c1-6-23(7-2,26-19(4)21-12-10-9-11-13-21)18-25-22(24-8-3)28-16-14-27(15-17-28)20(5)29/h9-13,19,26H,6-8,14-18H2,1-5H3,(H,24,25). The summed E-state index contributed by atoms with van der Waals surface area (Å²) in [7, 11) is 0. The van der Waals surface area contributed by atoms with Crippen molar-refractivity contribution in [2.75, 3.05) is 39.3 Å². The van der Waals surface area contributed by atoms with Gasteiger partial charge in [0.2, 0.25) is 5.91 Å². The predicted molar refractivity (Wildman–Crippen MR) is 121 cm³/mol. The molecule has 1 aromatic carbocycles. The minimum Gasteiger partial charge on any atom is -0.357 e. The number of rotatable bonds is 8. The number of amides is 1. The van der Waals surface area contributed by atoms with Gasteiger partial charge in [0.05, 0.1) is 6.54 Å². The second kappa shape index (κ2) is 11.2. The fraction of sp³-hybridized carbons (Fsp3) is 0.652. The molecule has 6 nitrogen and oxygen atoms in total. The van der Waals surface area contributed by atoms with E-state index >= 15 is 0 Å². The molecule has 1 atom stereocenters. The first-order chi connectivity index (χ1) is 13.9. The molecule has 162 valence electrons. The number of nitrogens with zero attached hydrogens (tertiary/aromatic N) is 3. The highest BCUT2D eigenvalue weighted by atomic mass is 16.2. The van der Waals surface area contributed by atoms with Crippen molar-refractivity contribution < 1.29 is 4.79 Å². The second-order valence-electron chi connectivity index (χ2n) is 7.93. The summed E-state index contributed by atoms with van der Waals surface area (Å²) in [6.07, 6.45) is 2.03. The molecule has 0 radical (unpaired) electrons. The predicted octanol–water partition coefficient (Wildman–Crippen LogP) is 3.03. The first-order valence-electron chi connectivity index (χ1n) is 11.1. The third-order valence-electron chi connectivity index (χ3n) is 6.07. The van der Waals surface area contributed by atoms with E-state index in [1.807, 2.05) is 4.90 Å². The fourth-order valence-corrected chi connectivity index (χ4v) is 3.89. The number of carbonyl (C=O) groups is 1. The summed E-state index contributed by atoms with van der Waals surface area (Å²) in [6, 6.07) is 10.9. The van der Waals surface area contributed by atoms with Gasteiger partial charge in [-0.2, -0.15) is 0 Å². The quantitative estimate of drug-likeness (QED) is 0.519. The van der Waals surface area contributed by atoms with E-state index in [0.717, 1.165) is 58.1 Å². The summed E-state index contributed by atoms with van der Waals surface area (Å²) < 4.78 is 0. The molecule has 1 amide bonds. The van der Waals surface area contributed by atoms with Crippen molar-refractivity contribution in [3.8, 4) is 0 Å². The Labute approximate surface area is 176 Å². The van der Waals surface area contributed by atoms with E-state index in [0.29, 0.717) is 0 Å². The number of piperazine rings is 1. The van der Waals surface area contributed by atoms with Crippen molar-refractivity contribution in [2.24, 2.45) is 4.99 Å². The van der Waals surface area contributed by atoms with Gasteiger partial charge in [0, 0.05) is 51.2 Å². The Morgan fingerprint density at radius 2 is 1.66 bits per heavy atom. The van der Waals surface area contributed by atoms with Crippen LogP contribution in [0.1, 0.15) is 59.1 Å². The molecule has 0 aromatic heterocycles. The van der Waals surface area contributed by atoms with Crippen LogP contribution in [0.15, 0.2) is 35.3 Å². The molecule has 2 N–H and O–H groups in total. The lowest BCUT2D eigenvalue weighted by molar-refractivity contribution is -0.130. The van der Waals surface area contributed by atoms with Gasteiger partial charge in [-0.25, -0.2) is 0 Å². The number of benzene rings is 1. The summed E-state index contributed by atoms with van der Waals surface area (Å²) in [6.45, 7) is 15.2. The van der Waals surface area contributed by atoms with Crippen molar-refractivity contribution in [3.05, 3.63) is 35.9 Å². The molecule has 1 unspecified atom stereocenters. The van der Waals surface area contributed by atoms with E-state index in [2.05, 4.69) is 73.6 Å². The van der Waals surface area contributed by atoms with Gasteiger partial charge in [-0.3, -0.25) is 9.79 Å². The smallest absolute Gasteiger partial charge is 0.219 e. The number of hydrogen-bond acceptors (Lipinski definition) is 3. The number of nitrogens with one attached hydrogen (secondary N) is 2. The van der Waals surface area contributed by atoms with Crippen LogP contribution in [-0.4, -0.2) is 66.5 Å². The largest absolute Gasteiger partial charge is 0.357 e. The first kappa shape index (κ1) is 23.2. The lowest BCUT2D eigenvalue weighted by Gasteiger charge is -2.38. The highest BCUT2D eigenvalue weighted by Gasteiger charge is 2.29. The minimum atomic E-state index is -0.0445. The van der Waals surface area contributed by atoms with E-state index in [9.17, 15) is 4.79 Å². The molecule has 1 saturated heterocycles. The van der Waals surface area contributed by atoms with Crippen LogP contribution < -0.4 is 10.6 Å². The molecule has 1 aromatic rings. The van der Waals surface area contributed by atoms with Gasteiger partial charge >= 0.3 is 0 Å². The third kappa shape index (κ3) is 6.46. The third-order valence-corrected chi connectivity index (χ3v) is 6.07. The Bertz CT molecular complexity index is 648. The zero-order chi connectivity index (χ0) is 21.3. The van der Waals surface area contributed by atoms with E-state index in [1.165, 1.54) is 5.56 Å². The molecule has 1 aliphatic heterocycles. The van der Waals surface area contributed by atoms with Crippen LogP contribution >= 0.6 is 0 Å². The maximum Gasteiger partial charge on any atom is 0.219 e. The minimum absolute atomic E-state index is 0.0445. The van der Waals surface area contributed by atoms with Gasteiger partial charge in [0.1, 0.15) is 0 Å². The summed E-state index contributed by atoms with van der Waals surface area (Å²) in [4.78, 5) is 20.8. The van der Waals surface area contributed by atoms with Crippen LogP contribution in [0, 0.1) is 0 Å². The number of guanidine groups is 1. The summed E-state index contributed by atoms with van der Waals surface area (Å²) >= 11 is 0. The normalized spacial score (nSPS) is 16.7. The Morgan fingerprint density at radius 3 is 2.17 bits per heavy atom. The van der Waals surface area contributed by atoms with Crippen LogP contribution in [0.25, 0.3) is 0 Å². The maximum absolute atomic E-state index is 11.6. The van der Waals surface area contributed by atoms with Gasteiger partial charge in [0.15, 0.2) is 5.96 Å². The van der Waals surface area contributed by atoms with Crippen molar-refractivity contribution in [2.45, 2.75) is 59.0 Å². The Balaban J connectivity index is 2.09. The molecule has 29 heavy (non-hydrogen) atoms. The lowest BCUT2D eigenvalue weighted by Crippen LogP contribution is -2.54. The Hall–Kier alpha value is -2.08. The van der Waals surface area contributed by atoms with Crippen molar-refractivity contribution in [1.82, 2.24) is 20.4 Å². The van der Waals surface area contributed by atoms with Gasteiger partial charge < -0.3 is 20.4 Å². The second-order valence-corrected chi connectivity index (χ2v) is 7.93. The van der Waals surface area contributed by atoms with Crippen LogP contribution in [0.2, 0.25) is 0 Å². The Kier molecular flexibility index (Phi) is 8.96. The molecule has 1 aliphatic rings. The summed E-state index contributed by atoms with van der Waals surface area (Å²) in [5, 5.41) is 7.31. The van der Waals surface area contributed by atoms with Crippen LogP contribution in [0.3, 0.4) is 0 Å². The molecule has 1 fully saturated rings. The van der Waals surface area contributed by atoms with E-state index in [4.69, 9.17) is 4.99 Å². The molecule has 0 spiro atoms. The first-order valence-corrected chi connectivity index (χ1v) is 11.1. The van der Waals surface area contributed by atoms with E-state index in [1.54, 1.807) is 6.92 Å². The summed E-state index contributed by atoms with van der Waals surface area (Å²) in [5.74, 6) is 1.11. The molecule has 0 bridgehead atoms. The topological polar surface area (TPSA) is 60.0 Å². The van der Waals surface area contributed by atoms with E-state index in [-0.39, 0.29) is 17.5 Å². The number of aliphatic imine (C=N–C) groups is 1. The highest BCUT2D eigenvalue weighted by molar-refractivity contribution is 5.80. The average molecular weight is 402 g/mol. The van der Waals surface area contributed by atoms with Crippen LogP contribution in [0.5, 0.6) is 0 Å². The van der Waals surface area contributed by atoms with Crippen LogP contribution in [0.4, 0.5) is 0 Å². The Morgan fingerprint density at radius 1 is 1.07 bits per heavy atom. The molecular weight excluding hydrogens is 362 g/mol.